The summed E-state index contributed by atoms with van der Waals surface area (Å²) < 4.78 is 1.46. The predicted octanol–water partition coefficient (Wildman–Crippen LogP) is 3.15. The molecule has 4 nitrogen and oxygen atoms in total. The van der Waals surface area contributed by atoms with Gasteiger partial charge in [0.05, 0.1) is 5.56 Å². The summed E-state index contributed by atoms with van der Waals surface area (Å²) in [5.74, 6) is -0.734. The number of carbonyl (C=O) groups excluding carboxylic acids is 1. The molecule has 104 valence electrons. The SMILES string of the molecule is CSCCC(NC(=O)c1ccc(Br)cc1Br)C(=O)O. The third-order valence-corrected chi connectivity index (χ3v) is 4.18. The second-order valence-electron chi connectivity index (χ2n) is 3.77. The Morgan fingerprint density at radius 3 is 2.63 bits per heavy atom. The summed E-state index contributed by atoms with van der Waals surface area (Å²) in [5.41, 5.74) is 0.415. The molecule has 19 heavy (non-hydrogen) atoms. The number of thioether (sulfide) groups is 1. The van der Waals surface area contributed by atoms with Crippen molar-refractivity contribution in [2.24, 2.45) is 0 Å². The van der Waals surface area contributed by atoms with E-state index in [1.165, 1.54) is 0 Å². The van der Waals surface area contributed by atoms with E-state index in [4.69, 9.17) is 5.11 Å². The van der Waals surface area contributed by atoms with Gasteiger partial charge in [0.1, 0.15) is 6.04 Å². The van der Waals surface area contributed by atoms with Crippen LogP contribution in [0, 0.1) is 0 Å². The zero-order chi connectivity index (χ0) is 14.4. The van der Waals surface area contributed by atoms with Crippen LogP contribution in [0.25, 0.3) is 0 Å². The van der Waals surface area contributed by atoms with Crippen molar-refractivity contribution in [3.63, 3.8) is 0 Å². The molecule has 7 heteroatoms. The first-order valence-electron chi connectivity index (χ1n) is 5.43. The lowest BCUT2D eigenvalue weighted by atomic mass is 10.1. The number of carboxylic acids is 1. The summed E-state index contributed by atoms with van der Waals surface area (Å²) in [7, 11) is 0. The molecule has 2 N–H and O–H groups in total. The molecule has 0 bridgehead atoms. The van der Waals surface area contributed by atoms with Crippen LogP contribution in [0.15, 0.2) is 27.1 Å². The van der Waals surface area contributed by atoms with Crippen molar-refractivity contribution < 1.29 is 14.7 Å². The van der Waals surface area contributed by atoms with Crippen LogP contribution in [0.3, 0.4) is 0 Å². The maximum atomic E-state index is 12.0. The molecule has 0 spiro atoms. The fraction of sp³-hybridized carbons (Fsp3) is 0.333. The van der Waals surface area contributed by atoms with Crippen molar-refractivity contribution in [2.75, 3.05) is 12.0 Å². The van der Waals surface area contributed by atoms with Crippen molar-refractivity contribution in [2.45, 2.75) is 12.5 Å². The van der Waals surface area contributed by atoms with Crippen LogP contribution < -0.4 is 5.32 Å². The molecule has 0 saturated heterocycles. The maximum Gasteiger partial charge on any atom is 0.326 e. The van der Waals surface area contributed by atoms with Crippen molar-refractivity contribution >= 4 is 55.5 Å². The van der Waals surface area contributed by atoms with Crippen molar-refractivity contribution in [1.29, 1.82) is 0 Å². The number of halogens is 2. The molecule has 0 heterocycles. The number of carboxylic acid groups (broad SMARTS) is 1. The molecule has 0 radical (unpaired) electrons. The van der Waals surface area contributed by atoms with Gasteiger partial charge in [0, 0.05) is 8.95 Å². The zero-order valence-electron chi connectivity index (χ0n) is 10.2. The molecule has 0 saturated carbocycles. The van der Waals surface area contributed by atoms with Crippen LogP contribution in [0.1, 0.15) is 16.8 Å². The van der Waals surface area contributed by atoms with E-state index in [0.717, 1.165) is 4.47 Å². The van der Waals surface area contributed by atoms with Crippen molar-refractivity contribution in [1.82, 2.24) is 5.32 Å². The second-order valence-corrected chi connectivity index (χ2v) is 6.53. The first-order valence-corrected chi connectivity index (χ1v) is 8.41. The topological polar surface area (TPSA) is 66.4 Å². The van der Waals surface area contributed by atoms with Gasteiger partial charge in [-0.1, -0.05) is 15.9 Å². The van der Waals surface area contributed by atoms with Gasteiger partial charge in [-0.2, -0.15) is 11.8 Å². The highest BCUT2D eigenvalue weighted by atomic mass is 79.9. The monoisotopic (exact) mass is 409 g/mol. The Bertz CT molecular complexity index is 482. The molecule has 1 amide bonds. The minimum absolute atomic E-state index is 0.395. The minimum Gasteiger partial charge on any atom is -0.480 e. The highest BCUT2D eigenvalue weighted by Crippen LogP contribution is 2.22. The van der Waals surface area contributed by atoms with Gasteiger partial charge in [0.2, 0.25) is 0 Å². The lowest BCUT2D eigenvalue weighted by molar-refractivity contribution is -0.139. The Balaban J connectivity index is 2.78. The normalized spacial score (nSPS) is 11.9. The molecule has 0 aliphatic carbocycles. The summed E-state index contributed by atoms with van der Waals surface area (Å²) >= 11 is 8.13. The first-order chi connectivity index (χ1) is 8.95. The molecule has 1 aromatic rings. The lowest BCUT2D eigenvalue weighted by Crippen LogP contribution is -2.41. The number of amides is 1. The van der Waals surface area contributed by atoms with Crippen LogP contribution in [-0.2, 0) is 4.79 Å². The second kappa shape index (κ2) is 7.91. The first kappa shape index (κ1) is 16.5. The number of rotatable bonds is 6. The number of nitrogens with one attached hydrogen (secondary N) is 1. The van der Waals surface area contributed by atoms with E-state index in [1.54, 1.807) is 30.0 Å². The molecule has 0 aromatic heterocycles. The average Bonchev–Trinajstić information content (AvgIpc) is 2.33. The standard InChI is InChI=1S/C12H13Br2NO3S/c1-19-5-4-10(12(17)18)15-11(16)8-3-2-7(13)6-9(8)14/h2-3,6,10H,4-5H2,1H3,(H,15,16)(H,17,18). The summed E-state index contributed by atoms with van der Waals surface area (Å²) in [4.78, 5) is 23.1. The largest absolute Gasteiger partial charge is 0.480 e. The number of carbonyl (C=O) groups is 2. The molecule has 1 aromatic carbocycles. The van der Waals surface area contributed by atoms with Crippen LogP contribution in [-0.4, -0.2) is 35.0 Å². The van der Waals surface area contributed by atoms with Gasteiger partial charge < -0.3 is 10.4 Å². The minimum atomic E-state index is -1.02. The van der Waals surface area contributed by atoms with Gasteiger partial charge in [-0.15, -0.1) is 0 Å². The van der Waals surface area contributed by atoms with Crippen LogP contribution in [0.4, 0.5) is 0 Å². The van der Waals surface area contributed by atoms with E-state index in [9.17, 15) is 9.59 Å². The Morgan fingerprint density at radius 2 is 2.11 bits per heavy atom. The molecule has 1 unspecified atom stereocenters. The highest BCUT2D eigenvalue weighted by Gasteiger charge is 2.21. The zero-order valence-corrected chi connectivity index (χ0v) is 14.1. The lowest BCUT2D eigenvalue weighted by Gasteiger charge is -2.14. The predicted molar refractivity (Wildman–Crippen MR) is 83.7 cm³/mol. The fourth-order valence-corrected chi connectivity index (χ4v) is 3.10. The van der Waals surface area contributed by atoms with Crippen molar-refractivity contribution in [3.05, 3.63) is 32.7 Å². The fourth-order valence-electron chi connectivity index (χ4n) is 1.40. The van der Waals surface area contributed by atoms with E-state index < -0.39 is 17.9 Å². The maximum absolute atomic E-state index is 12.0. The molecular weight excluding hydrogens is 398 g/mol. The van der Waals surface area contributed by atoms with Gasteiger partial charge in [0.25, 0.3) is 5.91 Å². The summed E-state index contributed by atoms with van der Waals surface area (Å²) in [6.07, 6.45) is 2.29. The van der Waals surface area contributed by atoms with Crippen LogP contribution in [0.2, 0.25) is 0 Å². The third kappa shape index (κ3) is 5.16. The Hall–Kier alpha value is -0.530. The number of hydrogen-bond donors (Lipinski definition) is 2. The highest BCUT2D eigenvalue weighted by molar-refractivity contribution is 9.11. The molecule has 0 aliphatic rings. The number of aliphatic carboxylic acids is 1. The van der Waals surface area contributed by atoms with Crippen molar-refractivity contribution in [3.8, 4) is 0 Å². The van der Waals surface area contributed by atoms with Gasteiger partial charge in [0.15, 0.2) is 0 Å². The Labute approximate surface area is 132 Å². The van der Waals surface area contributed by atoms with E-state index in [1.807, 2.05) is 6.26 Å². The van der Waals surface area contributed by atoms with Gasteiger partial charge in [-0.3, -0.25) is 4.79 Å². The summed E-state index contributed by atoms with van der Waals surface area (Å²) in [5, 5.41) is 11.6. The summed E-state index contributed by atoms with van der Waals surface area (Å²) in [6.45, 7) is 0. The van der Waals surface area contributed by atoms with E-state index in [0.29, 0.717) is 22.2 Å². The Kier molecular flexibility index (Phi) is 6.88. The molecule has 1 rings (SSSR count). The van der Waals surface area contributed by atoms with E-state index in [2.05, 4.69) is 37.2 Å². The Morgan fingerprint density at radius 1 is 1.42 bits per heavy atom. The van der Waals surface area contributed by atoms with E-state index >= 15 is 0 Å². The van der Waals surface area contributed by atoms with E-state index in [-0.39, 0.29) is 0 Å². The average molecular weight is 411 g/mol. The van der Waals surface area contributed by atoms with Gasteiger partial charge in [-0.25, -0.2) is 4.79 Å². The van der Waals surface area contributed by atoms with Crippen LogP contribution >= 0.6 is 43.6 Å². The molecule has 0 fully saturated rings. The number of benzene rings is 1. The summed E-state index contributed by atoms with van der Waals surface area (Å²) in [6, 6.07) is 4.25. The third-order valence-electron chi connectivity index (χ3n) is 2.39. The number of hydrogen-bond acceptors (Lipinski definition) is 3. The molecule has 1 atom stereocenters. The van der Waals surface area contributed by atoms with Gasteiger partial charge in [-0.05, 0) is 52.6 Å². The quantitative estimate of drug-likeness (QED) is 0.755. The van der Waals surface area contributed by atoms with Gasteiger partial charge >= 0.3 is 5.97 Å². The molecule has 0 aliphatic heterocycles. The smallest absolute Gasteiger partial charge is 0.326 e. The molecular formula is C12H13Br2NO3S. The van der Waals surface area contributed by atoms with Crippen LogP contribution in [0.5, 0.6) is 0 Å².